The zero-order valence-corrected chi connectivity index (χ0v) is 12.6. The molecule has 0 atom stereocenters. The summed E-state index contributed by atoms with van der Waals surface area (Å²) in [6.45, 7) is 3.13. The highest BCUT2D eigenvalue weighted by Gasteiger charge is 2.31. The van der Waals surface area contributed by atoms with Crippen LogP contribution >= 0.6 is 0 Å². The van der Waals surface area contributed by atoms with Gasteiger partial charge in [0.15, 0.2) is 0 Å². The number of sulfonamides is 1. The molecule has 1 fully saturated rings. The molecule has 0 amide bonds. The molecule has 0 saturated heterocycles. The van der Waals surface area contributed by atoms with Crippen molar-refractivity contribution in [2.75, 3.05) is 25.5 Å². The topological polar surface area (TPSA) is 82.5 Å². The van der Waals surface area contributed by atoms with E-state index in [0.717, 1.165) is 6.54 Å². The number of anilines is 1. The Hall–Kier alpha value is -1.18. The van der Waals surface area contributed by atoms with Gasteiger partial charge in [0, 0.05) is 26.3 Å². The van der Waals surface area contributed by atoms with Gasteiger partial charge in [-0.15, -0.1) is 0 Å². The number of aliphatic hydroxyl groups is 1. The Balaban J connectivity index is 2.04. The average Bonchev–Trinajstić information content (AvgIpc) is 2.38. The molecule has 112 valence electrons. The van der Waals surface area contributed by atoms with Crippen LogP contribution in [0.4, 0.5) is 5.82 Å². The Morgan fingerprint density at radius 2 is 2.15 bits per heavy atom. The van der Waals surface area contributed by atoms with Gasteiger partial charge in [-0.3, -0.25) is 0 Å². The zero-order chi connectivity index (χ0) is 14.8. The number of nitrogens with zero attached hydrogens (tertiary/aromatic N) is 2. The molecule has 0 radical (unpaired) electrons. The smallest absolute Gasteiger partial charge is 0.244 e. The quantitative estimate of drug-likeness (QED) is 0.815. The molecule has 20 heavy (non-hydrogen) atoms. The summed E-state index contributed by atoms with van der Waals surface area (Å²) in [6.07, 6.45) is 2.46. The van der Waals surface area contributed by atoms with Crippen LogP contribution in [0.2, 0.25) is 0 Å². The van der Waals surface area contributed by atoms with Crippen LogP contribution in [-0.2, 0) is 10.0 Å². The molecule has 1 aliphatic rings. The highest BCUT2D eigenvalue weighted by atomic mass is 32.2. The predicted octanol–water partition coefficient (Wildman–Crippen LogP) is 0.905. The maximum Gasteiger partial charge on any atom is 0.244 e. The van der Waals surface area contributed by atoms with Crippen LogP contribution in [-0.4, -0.2) is 49.1 Å². The van der Waals surface area contributed by atoms with Gasteiger partial charge in [0.1, 0.15) is 10.7 Å². The van der Waals surface area contributed by atoms with E-state index in [4.69, 9.17) is 0 Å². The van der Waals surface area contributed by atoms with E-state index < -0.39 is 10.0 Å². The summed E-state index contributed by atoms with van der Waals surface area (Å²) in [5.41, 5.74) is 0. The van der Waals surface area contributed by atoms with Gasteiger partial charge < -0.3 is 10.4 Å². The number of aliphatic hydroxyl groups excluding tert-OH is 1. The monoisotopic (exact) mass is 299 g/mol. The van der Waals surface area contributed by atoms with Gasteiger partial charge in [-0.1, -0.05) is 0 Å². The van der Waals surface area contributed by atoms with Gasteiger partial charge in [-0.25, -0.2) is 17.7 Å². The molecule has 7 heteroatoms. The Bertz CT molecular complexity index is 538. The van der Waals surface area contributed by atoms with Crippen molar-refractivity contribution in [3.8, 4) is 0 Å². The molecule has 1 aromatic heterocycles. The van der Waals surface area contributed by atoms with Crippen LogP contribution in [0.1, 0.15) is 19.8 Å². The van der Waals surface area contributed by atoms with Gasteiger partial charge in [0.25, 0.3) is 0 Å². The molecular formula is C13H21N3O3S. The van der Waals surface area contributed by atoms with Crippen molar-refractivity contribution in [1.29, 1.82) is 0 Å². The standard InChI is InChI=1S/C13H21N3O3S/c1-3-14-13-5-4-12(8-15-13)20(18,19)16(2)9-10-6-11(17)7-10/h4-5,8,10-11,17H,3,6-7,9H2,1-2H3,(H,14,15). The second-order valence-electron chi connectivity index (χ2n) is 5.19. The third-order valence-corrected chi connectivity index (χ3v) is 5.34. The lowest BCUT2D eigenvalue weighted by atomic mass is 9.82. The number of pyridine rings is 1. The summed E-state index contributed by atoms with van der Waals surface area (Å²) >= 11 is 0. The van der Waals surface area contributed by atoms with Crippen LogP contribution in [0, 0.1) is 5.92 Å². The third-order valence-electron chi connectivity index (χ3n) is 3.53. The second-order valence-corrected chi connectivity index (χ2v) is 7.23. The first kappa shape index (κ1) is 15.2. The molecule has 0 spiro atoms. The Labute approximate surface area is 119 Å². The number of hydrogen-bond acceptors (Lipinski definition) is 5. The van der Waals surface area contributed by atoms with Crippen molar-refractivity contribution < 1.29 is 13.5 Å². The zero-order valence-electron chi connectivity index (χ0n) is 11.8. The lowest BCUT2D eigenvalue weighted by molar-refractivity contribution is 0.0367. The summed E-state index contributed by atoms with van der Waals surface area (Å²) in [4.78, 5) is 4.28. The minimum absolute atomic E-state index is 0.196. The van der Waals surface area contributed by atoms with Crippen molar-refractivity contribution >= 4 is 15.8 Å². The molecule has 1 saturated carbocycles. The van der Waals surface area contributed by atoms with Crippen molar-refractivity contribution in [2.45, 2.75) is 30.8 Å². The van der Waals surface area contributed by atoms with E-state index in [0.29, 0.717) is 25.2 Å². The van der Waals surface area contributed by atoms with Gasteiger partial charge >= 0.3 is 0 Å². The van der Waals surface area contributed by atoms with E-state index in [1.54, 1.807) is 19.2 Å². The fourth-order valence-electron chi connectivity index (χ4n) is 2.31. The number of rotatable bonds is 6. The normalized spacial score (nSPS) is 22.6. The molecule has 2 N–H and O–H groups in total. The lowest BCUT2D eigenvalue weighted by Crippen LogP contribution is -2.39. The maximum atomic E-state index is 12.4. The highest BCUT2D eigenvalue weighted by molar-refractivity contribution is 7.89. The summed E-state index contributed by atoms with van der Waals surface area (Å²) in [6, 6.07) is 3.23. The summed E-state index contributed by atoms with van der Waals surface area (Å²) in [7, 11) is -1.93. The van der Waals surface area contributed by atoms with E-state index in [2.05, 4.69) is 10.3 Å². The van der Waals surface area contributed by atoms with Crippen LogP contribution < -0.4 is 5.32 Å². The van der Waals surface area contributed by atoms with Crippen LogP contribution in [0.3, 0.4) is 0 Å². The first-order valence-corrected chi connectivity index (χ1v) is 8.21. The maximum absolute atomic E-state index is 12.4. The van der Waals surface area contributed by atoms with Crippen LogP contribution in [0.25, 0.3) is 0 Å². The number of nitrogens with one attached hydrogen (secondary N) is 1. The fourth-order valence-corrected chi connectivity index (χ4v) is 3.50. The molecular weight excluding hydrogens is 278 g/mol. The SMILES string of the molecule is CCNc1ccc(S(=O)(=O)N(C)CC2CC(O)C2)cn1. The van der Waals surface area contributed by atoms with Crippen molar-refractivity contribution in [2.24, 2.45) is 5.92 Å². The number of aromatic nitrogens is 1. The molecule has 0 unspecified atom stereocenters. The van der Waals surface area contributed by atoms with Gasteiger partial charge in [-0.05, 0) is 37.8 Å². The first-order valence-electron chi connectivity index (χ1n) is 6.77. The van der Waals surface area contributed by atoms with Gasteiger partial charge in [-0.2, -0.15) is 0 Å². The van der Waals surface area contributed by atoms with E-state index in [1.807, 2.05) is 6.92 Å². The minimum atomic E-state index is -3.50. The molecule has 6 nitrogen and oxygen atoms in total. The molecule has 1 aromatic rings. The lowest BCUT2D eigenvalue weighted by Gasteiger charge is -2.34. The molecule has 0 aliphatic heterocycles. The average molecular weight is 299 g/mol. The van der Waals surface area contributed by atoms with Crippen LogP contribution in [0.15, 0.2) is 23.2 Å². The molecule has 2 rings (SSSR count). The largest absolute Gasteiger partial charge is 0.393 e. The molecule has 0 bridgehead atoms. The number of hydrogen-bond donors (Lipinski definition) is 2. The van der Waals surface area contributed by atoms with E-state index >= 15 is 0 Å². The molecule has 1 heterocycles. The minimum Gasteiger partial charge on any atom is -0.393 e. The van der Waals surface area contributed by atoms with E-state index in [-0.39, 0.29) is 16.9 Å². The summed E-state index contributed by atoms with van der Waals surface area (Å²) in [5.74, 6) is 0.912. The highest BCUT2D eigenvalue weighted by Crippen LogP contribution is 2.29. The van der Waals surface area contributed by atoms with Crippen LogP contribution in [0.5, 0.6) is 0 Å². The fraction of sp³-hybridized carbons (Fsp3) is 0.615. The molecule has 0 aromatic carbocycles. The van der Waals surface area contributed by atoms with E-state index in [9.17, 15) is 13.5 Å². The Morgan fingerprint density at radius 1 is 1.45 bits per heavy atom. The van der Waals surface area contributed by atoms with Gasteiger partial charge in [0.2, 0.25) is 10.0 Å². The van der Waals surface area contributed by atoms with Crippen molar-refractivity contribution in [3.63, 3.8) is 0 Å². The second kappa shape index (κ2) is 6.07. The van der Waals surface area contributed by atoms with Crippen molar-refractivity contribution in [3.05, 3.63) is 18.3 Å². The first-order chi connectivity index (χ1) is 9.43. The third kappa shape index (κ3) is 3.28. The Kier molecular flexibility index (Phi) is 4.62. The van der Waals surface area contributed by atoms with E-state index in [1.165, 1.54) is 10.5 Å². The summed E-state index contributed by atoms with van der Waals surface area (Å²) < 4.78 is 26.1. The van der Waals surface area contributed by atoms with Gasteiger partial charge in [0.05, 0.1) is 6.10 Å². The summed E-state index contributed by atoms with van der Waals surface area (Å²) in [5, 5.41) is 12.3. The Morgan fingerprint density at radius 3 is 2.65 bits per heavy atom. The van der Waals surface area contributed by atoms with Crippen molar-refractivity contribution in [1.82, 2.24) is 9.29 Å². The predicted molar refractivity (Wildman–Crippen MR) is 76.9 cm³/mol. The molecule has 1 aliphatic carbocycles.